The Morgan fingerprint density at radius 3 is 2.41 bits per heavy atom. The predicted octanol–water partition coefficient (Wildman–Crippen LogP) is 2.97. The fourth-order valence-corrected chi connectivity index (χ4v) is 3.06. The SMILES string of the molecule is COc1ccc(C(NC(=O)c2ccc(OC3CCCC3)nc2)C(=O)O)cc1. The average molecular weight is 370 g/mol. The number of ether oxygens (including phenoxy) is 2. The smallest absolute Gasteiger partial charge is 0.330 e. The standard InChI is InChI=1S/C20H22N2O5/c1-26-15-9-6-13(7-10-15)18(20(24)25)22-19(23)14-8-11-17(21-12-14)27-16-4-2-3-5-16/h6-12,16,18H,2-5H2,1H3,(H,22,23)(H,24,25). The predicted molar refractivity (Wildman–Crippen MR) is 98.0 cm³/mol. The lowest BCUT2D eigenvalue weighted by Crippen LogP contribution is -2.33. The van der Waals surface area contributed by atoms with Crippen LogP contribution in [-0.2, 0) is 4.79 Å². The van der Waals surface area contributed by atoms with Gasteiger partial charge in [0.1, 0.15) is 11.9 Å². The minimum Gasteiger partial charge on any atom is -0.497 e. The first kappa shape index (κ1) is 18.7. The Kier molecular flexibility index (Phi) is 5.90. The van der Waals surface area contributed by atoms with Crippen molar-refractivity contribution in [2.45, 2.75) is 37.8 Å². The molecule has 142 valence electrons. The van der Waals surface area contributed by atoms with Gasteiger partial charge in [-0.3, -0.25) is 4.79 Å². The number of carboxylic acid groups (broad SMARTS) is 1. The van der Waals surface area contributed by atoms with Crippen LogP contribution in [0.15, 0.2) is 42.6 Å². The van der Waals surface area contributed by atoms with Gasteiger partial charge in [0.2, 0.25) is 5.88 Å². The maximum absolute atomic E-state index is 12.4. The van der Waals surface area contributed by atoms with E-state index in [4.69, 9.17) is 9.47 Å². The molecule has 2 N–H and O–H groups in total. The number of carbonyl (C=O) groups excluding carboxylic acids is 1. The molecule has 0 saturated heterocycles. The highest BCUT2D eigenvalue weighted by atomic mass is 16.5. The molecule has 1 atom stereocenters. The molecule has 1 aliphatic carbocycles. The number of aliphatic carboxylic acids is 1. The van der Waals surface area contributed by atoms with Crippen molar-refractivity contribution in [3.8, 4) is 11.6 Å². The van der Waals surface area contributed by atoms with Crippen molar-refractivity contribution < 1.29 is 24.2 Å². The van der Waals surface area contributed by atoms with E-state index in [1.54, 1.807) is 36.4 Å². The second-order valence-electron chi connectivity index (χ2n) is 6.43. The minimum atomic E-state index is -1.17. The lowest BCUT2D eigenvalue weighted by molar-refractivity contribution is -0.139. The molecule has 3 rings (SSSR count). The third kappa shape index (κ3) is 4.75. The number of aromatic nitrogens is 1. The Morgan fingerprint density at radius 1 is 1.15 bits per heavy atom. The lowest BCUT2D eigenvalue weighted by atomic mass is 10.1. The number of carbonyl (C=O) groups is 2. The highest BCUT2D eigenvalue weighted by Gasteiger charge is 2.23. The van der Waals surface area contributed by atoms with E-state index in [0.717, 1.165) is 25.7 Å². The van der Waals surface area contributed by atoms with E-state index in [2.05, 4.69) is 10.3 Å². The Labute approximate surface area is 157 Å². The Hall–Kier alpha value is -3.09. The molecule has 0 radical (unpaired) electrons. The minimum absolute atomic E-state index is 0.184. The first-order valence-electron chi connectivity index (χ1n) is 8.87. The molecule has 1 fully saturated rings. The fraction of sp³-hybridized carbons (Fsp3) is 0.350. The zero-order valence-corrected chi connectivity index (χ0v) is 15.1. The van der Waals surface area contributed by atoms with Crippen molar-refractivity contribution in [2.24, 2.45) is 0 Å². The normalized spacial score (nSPS) is 15.1. The topological polar surface area (TPSA) is 97.8 Å². The highest BCUT2D eigenvalue weighted by molar-refractivity contribution is 5.96. The van der Waals surface area contributed by atoms with Crippen molar-refractivity contribution in [1.82, 2.24) is 10.3 Å². The zero-order valence-electron chi connectivity index (χ0n) is 15.1. The van der Waals surface area contributed by atoms with Crippen molar-refractivity contribution in [1.29, 1.82) is 0 Å². The molecule has 7 nitrogen and oxygen atoms in total. The number of benzene rings is 1. The first-order chi connectivity index (χ1) is 13.1. The van der Waals surface area contributed by atoms with Gasteiger partial charge in [-0.15, -0.1) is 0 Å². The van der Waals surface area contributed by atoms with Gasteiger partial charge in [-0.25, -0.2) is 9.78 Å². The monoisotopic (exact) mass is 370 g/mol. The molecule has 1 amide bonds. The van der Waals surface area contributed by atoms with Crippen molar-refractivity contribution in [2.75, 3.05) is 7.11 Å². The Bertz CT molecular complexity index is 783. The van der Waals surface area contributed by atoms with Crippen LogP contribution in [0.4, 0.5) is 0 Å². The number of amides is 1. The number of nitrogens with one attached hydrogen (secondary N) is 1. The average Bonchev–Trinajstić information content (AvgIpc) is 3.19. The summed E-state index contributed by atoms with van der Waals surface area (Å²) in [5, 5.41) is 12.0. The maximum Gasteiger partial charge on any atom is 0.330 e. The molecular weight excluding hydrogens is 348 g/mol. The number of rotatable bonds is 7. The summed E-state index contributed by atoms with van der Waals surface area (Å²) in [6.45, 7) is 0. The van der Waals surface area contributed by atoms with Gasteiger partial charge >= 0.3 is 5.97 Å². The number of nitrogens with zero attached hydrogens (tertiary/aromatic N) is 1. The van der Waals surface area contributed by atoms with E-state index in [9.17, 15) is 14.7 Å². The summed E-state index contributed by atoms with van der Waals surface area (Å²) in [5.41, 5.74) is 0.722. The lowest BCUT2D eigenvalue weighted by Gasteiger charge is -2.16. The molecule has 0 bridgehead atoms. The van der Waals surface area contributed by atoms with Crippen LogP contribution in [0.2, 0.25) is 0 Å². The van der Waals surface area contributed by atoms with Crippen molar-refractivity contribution in [3.05, 3.63) is 53.7 Å². The summed E-state index contributed by atoms with van der Waals surface area (Å²) < 4.78 is 10.8. The molecule has 2 aromatic rings. The molecule has 7 heteroatoms. The molecule has 27 heavy (non-hydrogen) atoms. The van der Waals surface area contributed by atoms with E-state index in [1.165, 1.54) is 13.3 Å². The van der Waals surface area contributed by atoms with Gasteiger partial charge in [-0.05, 0) is 49.4 Å². The van der Waals surface area contributed by atoms with E-state index < -0.39 is 17.9 Å². The maximum atomic E-state index is 12.4. The number of pyridine rings is 1. The van der Waals surface area contributed by atoms with E-state index in [1.807, 2.05) is 0 Å². The molecule has 1 saturated carbocycles. The summed E-state index contributed by atoms with van der Waals surface area (Å²) in [6, 6.07) is 8.56. The van der Waals surface area contributed by atoms with Gasteiger partial charge in [0.15, 0.2) is 6.04 Å². The Morgan fingerprint density at radius 2 is 1.85 bits per heavy atom. The number of hydrogen-bond donors (Lipinski definition) is 2. The van der Waals surface area contributed by atoms with Crippen LogP contribution in [0.5, 0.6) is 11.6 Å². The molecule has 1 aromatic heterocycles. The second kappa shape index (κ2) is 8.53. The number of hydrogen-bond acceptors (Lipinski definition) is 5. The summed E-state index contributed by atoms with van der Waals surface area (Å²) in [6.07, 6.45) is 5.94. The zero-order chi connectivity index (χ0) is 19.2. The summed E-state index contributed by atoms with van der Waals surface area (Å²) in [4.78, 5) is 28.2. The second-order valence-corrected chi connectivity index (χ2v) is 6.43. The van der Waals surface area contributed by atoms with Gasteiger partial charge in [0, 0.05) is 12.3 Å². The van der Waals surface area contributed by atoms with Gasteiger partial charge in [-0.1, -0.05) is 12.1 Å². The molecule has 1 aromatic carbocycles. The van der Waals surface area contributed by atoms with Gasteiger partial charge in [-0.2, -0.15) is 0 Å². The third-order valence-corrected chi connectivity index (χ3v) is 4.56. The van der Waals surface area contributed by atoms with Crippen LogP contribution < -0.4 is 14.8 Å². The van der Waals surface area contributed by atoms with Crippen LogP contribution in [-0.4, -0.2) is 35.2 Å². The van der Waals surface area contributed by atoms with Gasteiger partial charge in [0.05, 0.1) is 12.7 Å². The molecule has 0 spiro atoms. The van der Waals surface area contributed by atoms with Crippen LogP contribution in [0.3, 0.4) is 0 Å². The molecular formula is C20H22N2O5. The van der Waals surface area contributed by atoms with Gasteiger partial charge in [0.25, 0.3) is 5.91 Å². The fourth-order valence-electron chi connectivity index (χ4n) is 3.06. The van der Waals surface area contributed by atoms with Crippen LogP contribution >= 0.6 is 0 Å². The number of carboxylic acids is 1. The molecule has 1 heterocycles. The molecule has 1 unspecified atom stereocenters. The van der Waals surface area contributed by atoms with E-state index in [-0.39, 0.29) is 11.7 Å². The summed E-state index contributed by atoms with van der Waals surface area (Å²) in [5.74, 6) is -0.583. The quantitative estimate of drug-likeness (QED) is 0.778. The summed E-state index contributed by atoms with van der Waals surface area (Å²) >= 11 is 0. The highest BCUT2D eigenvalue weighted by Crippen LogP contribution is 2.23. The van der Waals surface area contributed by atoms with Crippen LogP contribution in [0, 0.1) is 0 Å². The van der Waals surface area contributed by atoms with Crippen molar-refractivity contribution in [3.63, 3.8) is 0 Å². The van der Waals surface area contributed by atoms with Crippen LogP contribution in [0.25, 0.3) is 0 Å². The van der Waals surface area contributed by atoms with E-state index in [0.29, 0.717) is 17.2 Å². The number of methoxy groups -OCH3 is 1. The molecule has 1 aliphatic rings. The Balaban J connectivity index is 1.66. The summed E-state index contributed by atoms with van der Waals surface area (Å²) in [7, 11) is 1.53. The van der Waals surface area contributed by atoms with Crippen LogP contribution in [0.1, 0.15) is 47.6 Å². The van der Waals surface area contributed by atoms with Crippen molar-refractivity contribution >= 4 is 11.9 Å². The molecule has 0 aliphatic heterocycles. The first-order valence-corrected chi connectivity index (χ1v) is 8.87. The third-order valence-electron chi connectivity index (χ3n) is 4.56. The van der Waals surface area contributed by atoms with Gasteiger partial charge < -0.3 is 19.9 Å². The van der Waals surface area contributed by atoms with E-state index >= 15 is 0 Å². The largest absolute Gasteiger partial charge is 0.497 e.